The molecule has 5 nitrogen and oxygen atoms in total. The van der Waals surface area contributed by atoms with Gasteiger partial charge in [-0.25, -0.2) is 4.98 Å². The van der Waals surface area contributed by atoms with Crippen LogP contribution in [0.1, 0.15) is 12.8 Å². The van der Waals surface area contributed by atoms with E-state index >= 15 is 0 Å². The molecule has 0 aliphatic carbocycles. The summed E-state index contributed by atoms with van der Waals surface area (Å²) in [5, 5.41) is 0.0483. The molecule has 0 amide bonds. The molecule has 1 N–H and O–H groups in total. The second-order valence-electron chi connectivity index (χ2n) is 3.43. The fourth-order valence-corrected chi connectivity index (χ4v) is 1.84. The molecule has 0 radical (unpaired) electrons. The van der Waals surface area contributed by atoms with E-state index in [0.717, 1.165) is 6.42 Å². The smallest absolute Gasteiger partial charge is 0.271 e. The number of halogens is 1. The van der Waals surface area contributed by atoms with Gasteiger partial charge < -0.3 is 9.88 Å². The average Bonchev–Trinajstić information content (AvgIpc) is 2.22. The Morgan fingerprint density at radius 2 is 2.27 bits per heavy atom. The number of nitrogens with one attached hydrogen (secondary N) is 1. The van der Waals surface area contributed by atoms with Crippen molar-refractivity contribution in [3.05, 3.63) is 21.7 Å². The van der Waals surface area contributed by atoms with E-state index in [-0.39, 0.29) is 22.9 Å². The first-order valence-corrected chi connectivity index (χ1v) is 5.06. The van der Waals surface area contributed by atoms with Crippen LogP contribution in [0, 0.1) is 0 Å². The summed E-state index contributed by atoms with van der Waals surface area (Å²) in [6.45, 7) is 0.998. The van der Waals surface area contributed by atoms with E-state index in [2.05, 4.69) is 9.97 Å². The van der Waals surface area contributed by atoms with E-state index in [9.17, 15) is 9.59 Å². The van der Waals surface area contributed by atoms with Crippen molar-refractivity contribution in [1.29, 1.82) is 0 Å². The second kappa shape index (κ2) is 4.02. The second-order valence-corrected chi connectivity index (χ2v) is 3.81. The summed E-state index contributed by atoms with van der Waals surface area (Å²) >= 11 is 5.82. The van der Waals surface area contributed by atoms with Gasteiger partial charge in [0.1, 0.15) is 5.02 Å². The van der Waals surface area contributed by atoms with Gasteiger partial charge in [-0.3, -0.25) is 9.59 Å². The van der Waals surface area contributed by atoms with E-state index in [4.69, 9.17) is 11.6 Å². The lowest BCUT2D eigenvalue weighted by Crippen LogP contribution is -2.37. The first kappa shape index (κ1) is 10.2. The van der Waals surface area contributed by atoms with Gasteiger partial charge in [-0.2, -0.15) is 0 Å². The Kier molecular flexibility index (Phi) is 2.73. The van der Waals surface area contributed by atoms with Crippen molar-refractivity contribution in [1.82, 2.24) is 9.97 Å². The minimum atomic E-state index is -0.375. The summed E-state index contributed by atoms with van der Waals surface area (Å²) < 4.78 is 0. The number of anilines is 1. The van der Waals surface area contributed by atoms with E-state index in [1.165, 1.54) is 6.33 Å². The van der Waals surface area contributed by atoms with Gasteiger partial charge in [0.2, 0.25) is 0 Å². The largest absolute Gasteiger partial charge is 0.348 e. The number of piperidine rings is 1. The molecule has 0 aromatic carbocycles. The number of H-pyrrole nitrogens is 1. The van der Waals surface area contributed by atoms with Crippen LogP contribution >= 0.6 is 11.6 Å². The number of aromatic amines is 1. The number of carbonyl (C=O) groups is 1. The Morgan fingerprint density at radius 3 is 3.00 bits per heavy atom. The quantitative estimate of drug-likeness (QED) is 0.763. The molecule has 1 saturated heterocycles. The highest BCUT2D eigenvalue weighted by molar-refractivity contribution is 6.32. The number of aromatic nitrogens is 2. The third-order valence-electron chi connectivity index (χ3n) is 2.33. The Hall–Kier alpha value is -1.36. The number of hydrogen-bond acceptors (Lipinski definition) is 4. The summed E-state index contributed by atoms with van der Waals surface area (Å²) in [6, 6.07) is 0. The highest BCUT2D eigenvalue weighted by atomic mass is 35.5. The minimum Gasteiger partial charge on any atom is -0.348 e. The van der Waals surface area contributed by atoms with Crippen LogP contribution in [0.25, 0.3) is 0 Å². The third kappa shape index (κ3) is 2.02. The van der Waals surface area contributed by atoms with Gasteiger partial charge in [-0.1, -0.05) is 11.6 Å². The van der Waals surface area contributed by atoms with Crippen LogP contribution in [-0.2, 0) is 4.79 Å². The molecule has 1 aromatic rings. The predicted octanol–water partition coefficient (Wildman–Crippen LogP) is 0.593. The summed E-state index contributed by atoms with van der Waals surface area (Å²) in [4.78, 5) is 30.6. The molecule has 1 aliphatic heterocycles. The Balaban J connectivity index is 2.32. The Labute approximate surface area is 91.1 Å². The molecule has 1 fully saturated rings. The number of ketones is 1. The third-order valence-corrected chi connectivity index (χ3v) is 2.67. The molecule has 6 heteroatoms. The normalized spacial score (nSPS) is 16.9. The molecule has 15 heavy (non-hydrogen) atoms. The molecule has 2 rings (SSSR count). The molecule has 80 valence electrons. The van der Waals surface area contributed by atoms with Gasteiger partial charge in [0.25, 0.3) is 5.56 Å². The maximum atomic E-state index is 11.2. The monoisotopic (exact) mass is 227 g/mol. The molecule has 1 aromatic heterocycles. The van der Waals surface area contributed by atoms with Gasteiger partial charge in [0.05, 0.1) is 12.9 Å². The maximum absolute atomic E-state index is 11.2. The maximum Gasteiger partial charge on any atom is 0.271 e. The van der Waals surface area contributed by atoms with Crippen molar-refractivity contribution in [2.75, 3.05) is 18.0 Å². The van der Waals surface area contributed by atoms with Crippen LogP contribution < -0.4 is 10.5 Å². The van der Waals surface area contributed by atoms with Crippen LogP contribution in [0.15, 0.2) is 11.1 Å². The molecule has 0 spiro atoms. The predicted molar refractivity (Wildman–Crippen MR) is 56.3 cm³/mol. The van der Waals surface area contributed by atoms with Crippen molar-refractivity contribution in [3.8, 4) is 0 Å². The van der Waals surface area contributed by atoms with E-state index in [0.29, 0.717) is 18.8 Å². The van der Waals surface area contributed by atoms with Crippen LogP contribution in [-0.4, -0.2) is 28.8 Å². The summed E-state index contributed by atoms with van der Waals surface area (Å²) in [7, 11) is 0. The summed E-state index contributed by atoms with van der Waals surface area (Å²) in [5.41, 5.74) is -0.375. The van der Waals surface area contributed by atoms with Crippen LogP contribution in [0.4, 0.5) is 5.82 Å². The molecule has 1 aliphatic rings. The molecular formula is C9H10ClN3O2. The standard InChI is InChI=1S/C9H10ClN3O2/c10-7-8(11-5-12-9(7)15)13-3-1-2-6(14)4-13/h5H,1-4H2,(H,11,12,15). The molecule has 2 heterocycles. The van der Waals surface area contributed by atoms with Crippen molar-refractivity contribution in [2.45, 2.75) is 12.8 Å². The lowest BCUT2D eigenvalue weighted by Gasteiger charge is -2.26. The van der Waals surface area contributed by atoms with Crippen molar-refractivity contribution < 1.29 is 4.79 Å². The van der Waals surface area contributed by atoms with Crippen molar-refractivity contribution in [3.63, 3.8) is 0 Å². The molecule has 0 unspecified atom stereocenters. The van der Waals surface area contributed by atoms with Crippen LogP contribution in [0.3, 0.4) is 0 Å². The lowest BCUT2D eigenvalue weighted by molar-refractivity contribution is -0.118. The first-order valence-electron chi connectivity index (χ1n) is 4.68. The SMILES string of the molecule is O=C1CCCN(c2nc[nH]c(=O)c2Cl)C1. The van der Waals surface area contributed by atoms with E-state index in [1.54, 1.807) is 4.90 Å². The Morgan fingerprint density at radius 1 is 1.47 bits per heavy atom. The van der Waals surface area contributed by atoms with Gasteiger partial charge in [0, 0.05) is 13.0 Å². The topological polar surface area (TPSA) is 66.1 Å². The van der Waals surface area contributed by atoms with Crippen LogP contribution in [0.5, 0.6) is 0 Å². The van der Waals surface area contributed by atoms with Crippen molar-refractivity contribution >= 4 is 23.2 Å². The average molecular weight is 228 g/mol. The first-order chi connectivity index (χ1) is 7.18. The molecule has 0 bridgehead atoms. The van der Waals surface area contributed by atoms with Gasteiger partial charge >= 0.3 is 0 Å². The summed E-state index contributed by atoms with van der Waals surface area (Å²) in [6.07, 6.45) is 2.67. The zero-order valence-electron chi connectivity index (χ0n) is 7.99. The zero-order chi connectivity index (χ0) is 10.8. The van der Waals surface area contributed by atoms with E-state index < -0.39 is 0 Å². The fourth-order valence-electron chi connectivity index (χ4n) is 1.61. The summed E-state index contributed by atoms with van der Waals surface area (Å²) in [5.74, 6) is 0.549. The number of rotatable bonds is 1. The number of nitrogens with zero attached hydrogens (tertiary/aromatic N) is 2. The number of carbonyl (C=O) groups excluding carboxylic acids is 1. The molecule has 0 atom stereocenters. The fraction of sp³-hybridized carbons (Fsp3) is 0.444. The Bertz CT molecular complexity index is 443. The van der Waals surface area contributed by atoms with Gasteiger partial charge in [0.15, 0.2) is 11.6 Å². The highest BCUT2D eigenvalue weighted by Gasteiger charge is 2.20. The molecular weight excluding hydrogens is 218 g/mol. The van der Waals surface area contributed by atoms with Gasteiger partial charge in [-0.15, -0.1) is 0 Å². The minimum absolute atomic E-state index is 0.0483. The van der Waals surface area contributed by atoms with Crippen molar-refractivity contribution in [2.24, 2.45) is 0 Å². The molecule has 0 saturated carbocycles. The number of Topliss-reactive ketones (excluding diaryl/α,β-unsaturated/α-hetero) is 1. The number of hydrogen-bond donors (Lipinski definition) is 1. The zero-order valence-corrected chi connectivity index (χ0v) is 8.75. The van der Waals surface area contributed by atoms with Gasteiger partial charge in [-0.05, 0) is 6.42 Å². The lowest BCUT2D eigenvalue weighted by atomic mass is 10.1. The highest BCUT2D eigenvalue weighted by Crippen LogP contribution is 2.20. The van der Waals surface area contributed by atoms with Crippen LogP contribution in [0.2, 0.25) is 5.02 Å². The van der Waals surface area contributed by atoms with E-state index in [1.807, 2.05) is 0 Å².